The number of Topliss-reactive ketones (excluding diaryl/α,β-unsaturated/α-hetero) is 1. The third kappa shape index (κ3) is 4.55. The largest absolute Gasteiger partial charge is 0.493 e. The summed E-state index contributed by atoms with van der Waals surface area (Å²) < 4.78 is 17.1. The third-order valence-electron chi connectivity index (χ3n) is 5.33. The average Bonchev–Trinajstić information content (AvgIpc) is 3.21. The second-order valence-corrected chi connectivity index (χ2v) is 8.47. The fourth-order valence-corrected chi connectivity index (χ4v) is 4.54. The summed E-state index contributed by atoms with van der Waals surface area (Å²) in [6.45, 7) is 1.60. The normalized spacial score (nSPS) is 10.8. The molecule has 2 aromatic heterocycles. The van der Waals surface area contributed by atoms with Crippen LogP contribution in [0.15, 0.2) is 59.7 Å². The topological polar surface area (TPSA) is 96.7 Å². The number of methoxy groups -OCH3 is 2. The van der Waals surface area contributed by atoms with Crippen LogP contribution in [0.3, 0.4) is 0 Å². The maximum Gasteiger partial charge on any atom is 0.349 e. The molecule has 2 aromatic carbocycles. The van der Waals surface area contributed by atoms with E-state index in [4.69, 9.17) is 14.2 Å². The zero-order valence-electron chi connectivity index (χ0n) is 18.9. The number of ketones is 1. The van der Waals surface area contributed by atoms with Gasteiger partial charge in [-0.3, -0.25) is 14.2 Å². The number of fused-ring (bicyclic) bond motifs is 1. The van der Waals surface area contributed by atoms with Crippen LogP contribution in [-0.4, -0.2) is 35.5 Å². The first-order valence-electron chi connectivity index (χ1n) is 10.4. The minimum Gasteiger partial charge on any atom is -0.493 e. The van der Waals surface area contributed by atoms with Crippen LogP contribution in [0.4, 0.5) is 0 Å². The third-order valence-corrected chi connectivity index (χ3v) is 6.51. The monoisotopic (exact) mass is 478 g/mol. The van der Waals surface area contributed by atoms with E-state index in [9.17, 15) is 14.4 Å². The predicted molar refractivity (Wildman–Crippen MR) is 128 cm³/mol. The Balaban J connectivity index is 1.58. The van der Waals surface area contributed by atoms with E-state index in [1.54, 1.807) is 25.1 Å². The molecule has 8 nitrogen and oxygen atoms in total. The molecule has 0 aliphatic heterocycles. The molecule has 0 amide bonds. The summed E-state index contributed by atoms with van der Waals surface area (Å²) >= 11 is 1.10. The lowest BCUT2D eigenvalue weighted by atomic mass is 10.1. The minimum absolute atomic E-state index is 0.130. The van der Waals surface area contributed by atoms with Crippen molar-refractivity contribution in [1.82, 2.24) is 9.55 Å². The molecule has 0 radical (unpaired) electrons. The summed E-state index contributed by atoms with van der Waals surface area (Å²) in [5.41, 5.74) is 1.33. The maximum absolute atomic E-state index is 13.1. The molecular formula is C25H22N2O6S. The number of hydrogen-bond donors (Lipinski definition) is 0. The maximum atomic E-state index is 13.1. The van der Waals surface area contributed by atoms with Crippen LogP contribution in [-0.2, 0) is 17.9 Å². The van der Waals surface area contributed by atoms with E-state index in [1.165, 1.54) is 25.1 Å². The van der Waals surface area contributed by atoms with E-state index < -0.39 is 11.5 Å². The lowest BCUT2D eigenvalue weighted by Gasteiger charge is -2.10. The molecule has 174 valence electrons. The van der Waals surface area contributed by atoms with Crippen molar-refractivity contribution in [2.75, 3.05) is 14.2 Å². The molecule has 9 heteroatoms. The number of carbonyl (C=O) groups is 2. The Kier molecular flexibility index (Phi) is 6.74. The highest BCUT2D eigenvalue weighted by molar-refractivity contribution is 7.20. The number of rotatable bonds is 8. The Morgan fingerprint density at radius 3 is 2.47 bits per heavy atom. The van der Waals surface area contributed by atoms with Gasteiger partial charge in [-0.25, -0.2) is 9.78 Å². The van der Waals surface area contributed by atoms with Crippen molar-refractivity contribution in [3.05, 3.63) is 86.8 Å². The summed E-state index contributed by atoms with van der Waals surface area (Å²) in [6.07, 6.45) is 1.32. The van der Waals surface area contributed by atoms with Crippen molar-refractivity contribution in [2.45, 2.75) is 20.1 Å². The van der Waals surface area contributed by atoms with Crippen LogP contribution in [0, 0.1) is 6.92 Å². The van der Waals surface area contributed by atoms with Crippen LogP contribution >= 0.6 is 11.3 Å². The molecule has 0 unspecified atom stereocenters. The van der Waals surface area contributed by atoms with Crippen LogP contribution in [0.2, 0.25) is 0 Å². The Morgan fingerprint density at radius 1 is 1.03 bits per heavy atom. The van der Waals surface area contributed by atoms with Gasteiger partial charge in [0.2, 0.25) is 0 Å². The van der Waals surface area contributed by atoms with Gasteiger partial charge in [-0.1, -0.05) is 30.3 Å². The van der Waals surface area contributed by atoms with Gasteiger partial charge in [0.1, 0.15) is 16.3 Å². The predicted octanol–water partition coefficient (Wildman–Crippen LogP) is 4.02. The Labute approximate surface area is 199 Å². The van der Waals surface area contributed by atoms with Crippen LogP contribution in [0.1, 0.15) is 31.2 Å². The number of ether oxygens (including phenoxy) is 3. The highest BCUT2D eigenvalue weighted by Gasteiger charge is 2.21. The fourth-order valence-electron chi connectivity index (χ4n) is 3.51. The van der Waals surface area contributed by atoms with Gasteiger partial charge in [0, 0.05) is 5.56 Å². The van der Waals surface area contributed by atoms with E-state index in [2.05, 4.69) is 4.98 Å². The van der Waals surface area contributed by atoms with Gasteiger partial charge >= 0.3 is 5.97 Å². The number of aromatic nitrogens is 2. The number of nitrogens with zero attached hydrogens (tertiary/aromatic N) is 2. The molecule has 0 aliphatic rings. The molecule has 0 aliphatic carbocycles. The van der Waals surface area contributed by atoms with Crippen molar-refractivity contribution in [3.63, 3.8) is 0 Å². The van der Waals surface area contributed by atoms with Gasteiger partial charge < -0.3 is 14.2 Å². The molecule has 4 rings (SSSR count). The van der Waals surface area contributed by atoms with Crippen LogP contribution in [0.25, 0.3) is 10.2 Å². The molecule has 0 N–H and O–H groups in total. The van der Waals surface area contributed by atoms with E-state index in [0.717, 1.165) is 16.9 Å². The van der Waals surface area contributed by atoms with Crippen molar-refractivity contribution >= 4 is 33.3 Å². The Bertz CT molecular complexity index is 1420. The summed E-state index contributed by atoms with van der Waals surface area (Å²) in [7, 11) is 2.99. The quantitative estimate of drug-likeness (QED) is 0.279. The first kappa shape index (κ1) is 23.2. The van der Waals surface area contributed by atoms with E-state index in [1.807, 2.05) is 30.3 Å². The second kappa shape index (κ2) is 9.88. The van der Waals surface area contributed by atoms with Crippen molar-refractivity contribution in [2.24, 2.45) is 0 Å². The summed E-state index contributed by atoms with van der Waals surface area (Å²) in [4.78, 5) is 43.7. The highest BCUT2D eigenvalue weighted by Crippen LogP contribution is 2.29. The van der Waals surface area contributed by atoms with Crippen LogP contribution in [0.5, 0.6) is 11.5 Å². The van der Waals surface area contributed by atoms with Gasteiger partial charge in [-0.05, 0) is 36.2 Å². The highest BCUT2D eigenvalue weighted by atomic mass is 32.1. The average molecular weight is 479 g/mol. The lowest BCUT2D eigenvalue weighted by molar-refractivity contribution is 0.0477. The summed E-state index contributed by atoms with van der Waals surface area (Å²) in [5.74, 6) is 0.109. The molecular weight excluding hydrogens is 456 g/mol. The van der Waals surface area contributed by atoms with Gasteiger partial charge in [-0.15, -0.1) is 11.3 Å². The number of benzene rings is 2. The fraction of sp³-hybridized carbons (Fsp3) is 0.200. The Hall–Kier alpha value is -3.98. The first-order valence-corrected chi connectivity index (χ1v) is 11.2. The smallest absolute Gasteiger partial charge is 0.349 e. The molecule has 0 saturated heterocycles. The van der Waals surface area contributed by atoms with Crippen molar-refractivity contribution in [1.29, 1.82) is 0 Å². The van der Waals surface area contributed by atoms with E-state index >= 15 is 0 Å². The molecule has 0 saturated carbocycles. The standard InChI is InChI=1S/C25H22N2O6S/c1-15-21-23(34-22(15)25(30)33-13-16-7-5-4-6-8-16)26-14-27(24(21)29)12-18(28)17-9-10-19(31-2)20(11-17)32-3/h4-11,14H,12-13H2,1-3H3. The summed E-state index contributed by atoms with van der Waals surface area (Å²) in [5, 5.41) is 0.305. The number of carbonyl (C=O) groups excluding carboxylic acids is 2. The van der Waals surface area contributed by atoms with E-state index in [-0.39, 0.29) is 18.9 Å². The first-order chi connectivity index (χ1) is 16.4. The zero-order chi connectivity index (χ0) is 24.2. The van der Waals surface area contributed by atoms with Gasteiger partial charge in [0.15, 0.2) is 17.3 Å². The van der Waals surface area contributed by atoms with E-state index in [0.29, 0.717) is 37.7 Å². The zero-order valence-corrected chi connectivity index (χ0v) is 19.7. The number of hydrogen-bond acceptors (Lipinski definition) is 8. The molecule has 0 bridgehead atoms. The molecule has 2 heterocycles. The van der Waals surface area contributed by atoms with Crippen molar-refractivity contribution in [3.8, 4) is 11.5 Å². The van der Waals surface area contributed by atoms with Crippen molar-refractivity contribution < 1.29 is 23.8 Å². The molecule has 0 fully saturated rings. The van der Waals surface area contributed by atoms with Gasteiger partial charge in [0.25, 0.3) is 5.56 Å². The SMILES string of the molecule is COc1ccc(C(=O)Cn2cnc3sc(C(=O)OCc4ccccc4)c(C)c3c2=O)cc1OC. The number of aryl methyl sites for hydroxylation is 1. The second-order valence-electron chi connectivity index (χ2n) is 7.47. The number of thiophene rings is 1. The lowest BCUT2D eigenvalue weighted by Crippen LogP contribution is -2.24. The van der Waals surface area contributed by atoms with Crippen LogP contribution < -0.4 is 15.0 Å². The molecule has 0 atom stereocenters. The number of esters is 1. The Morgan fingerprint density at radius 2 is 1.76 bits per heavy atom. The van der Waals surface area contributed by atoms with Gasteiger partial charge in [-0.2, -0.15) is 0 Å². The molecule has 34 heavy (non-hydrogen) atoms. The summed E-state index contributed by atoms with van der Waals surface area (Å²) in [6, 6.07) is 14.1. The molecule has 4 aromatic rings. The minimum atomic E-state index is -0.517. The van der Waals surface area contributed by atoms with Gasteiger partial charge in [0.05, 0.1) is 32.5 Å². The molecule has 0 spiro atoms.